The number of esters is 1. The summed E-state index contributed by atoms with van der Waals surface area (Å²) in [5.41, 5.74) is 1.30. The third-order valence-electron chi connectivity index (χ3n) is 3.75. The summed E-state index contributed by atoms with van der Waals surface area (Å²) in [6, 6.07) is 7.18. The van der Waals surface area contributed by atoms with Crippen molar-refractivity contribution in [2.45, 2.75) is 26.9 Å². The van der Waals surface area contributed by atoms with Crippen LogP contribution in [0.1, 0.15) is 41.7 Å². The van der Waals surface area contributed by atoms with Crippen molar-refractivity contribution in [3.05, 3.63) is 40.1 Å². The van der Waals surface area contributed by atoms with E-state index < -0.39 is 18.0 Å². The van der Waals surface area contributed by atoms with Crippen LogP contribution in [-0.2, 0) is 4.74 Å². The van der Waals surface area contributed by atoms with Crippen LogP contribution in [0.4, 0.5) is 0 Å². The van der Waals surface area contributed by atoms with E-state index in [0.29, 0.717) is 11.1 Å². The average Bonchev–Trinajstić information content (AvgIpc) is 2.99. The van der Waals surface area contributed by atoms with E-state index in [2.05, 4.69) is 26.1 Å². The van der Waals surface area contributed by atoms with Gasteiger partial charge >= 0.3 is 5.97 Å². The summed E-state index contributed by atoms with van der Waals surface area (Å²) < 4.78 is 5.91. The Kier molecular flexibility index (Phi) is 5.90. The number of nitrogens with zero attached hydrogens (tertiary/aromatic N) is 1. The largest absolute Gasteiger partial charge is 0.461 e. The Balaban J connectivity index is 2.58. The maximum atomic E-state index is 12.6. The first-order valence-corrected chi connectivity index (χ1v) is 8.39. The van der Waals surface area contributed by atoms with Crippen molar-refractivity contribution in [3.63, 3.8) is 0 Å². The second-order valence-corrected chi connectivity index (χ2v) is 6.36. The van der Waals surface area contributed by atoms with Crippen molar-refractivity contribution >= 4 is 27.7 Å². The van der Waals surface area contributed by atoms with Gasteiger partial charge in [-0.2, -0.15) is 5.10 Å². The minimum atomic E-state index is -0.821. The number of hydrogen-bond acceptors (Lipinski definition) is 5. The van der Waals surface area contributed by atoms with Gasteiger partial charge in [0.2, 0.25) is 0 Å². The zero-order valence-electron chi connectivity index (χ0n) is 13.7. The number of nitrogens with one attached hydrogen (secondary N) is 1. The molecule has 7 heteroatoms. The molecule has 0 saturated carbocycles. The highest BCUT2D eigenvalue weighted by Crippen LogP contribution is 2.30. The third-order valence-corrected chi connectivity index (χ3v) is 4.28. The molecule has 6 nitrogen and oxygen atoms in total. The molecule has 1 aromatic carbocycles. The fourth-order valence-corrected chi connectivity index (χ4v) is 2.47. The molecular weight excluding hydrogens is 376 g/mol. The molecule has 1 aromatic heterocycles. The van der Waals surface area contributed by atoms with Crippen molar-refractivity contribution in [2.75, 3.05) is 6.61 Å². The van der Waals surface area contributed by atoms with Gasteiger partial charge in [-0.05, 0) is 31.5 Å². The molecule has 0 bridgehead atoms. The number of benzene rings is 1. The number of aromatic nitrogens is 2. The molecule has 2 atom stereocenters. The SMILES string of the molecule is CCOC(=O)c1[nH]nc(C(=O)C(C)C(C)O)c1-c1ccc(Br)cc1. The minimum absolute atomic E-state index is 0.119. The molecule has 0 aliphatic rings. The number of aromatic amines is 1. The highest BCUT2D eigenvalue weighted by atomic mass is 79.9. The van der Waals surface area contributed by atoms with Crippen LogP contribution in [0.2, 0.25) is 0 Å². The van der Waals surface area contributed by atoms with Gasteiger partial charge in [0.25, 0.3) is 0 Å². The molecule has 0 radical (unpaired) electrons. The first-order chi connectivity index (χ1) is 11.4. The summed E-state index contributed by atoms with van der Waals surface area (Å²) in [4.78, 5) is 24.8. The fourth-order valence-electron chi connectivity index (χ4n) is 2.20. The van der Waals surface area contributed by atoms with Crippen LogP contribution in [0.3, 0.4) is 0 Å². The maximum Gasteiger partial charge on any atom is 0.357 e. The zero-order valence-corrected chi connectivity index (χ0v) is 15.3. The number of H-pyrrole nitrogens is 1. The van der Waals surface area contributed by atoms with E-state index in [1.54, 1.807) is 32.9 Å². The van der Waals surface area contributed by atoms with Crippen molar-refractivity contribution < 1.29 is 19.4 Å². The zero-order chi connectivity index (χ0) is 17.9. The lowest BCUT2D eigenvalue weighted by Gasteiger charge is -2.13. The van der Waals surface area contributed by atoms with E-state index in [4.69, 9.17) is 4.74 Å². The number of rotatable bonds is 6. The Labute approximate surface area is 148 Å². The second-order valence-electron chi connectivity index (χ2n) is 5.44. The van der Waals surface area contributed by atoms with Gasteiger partial charge in [0.05, 0.1) is 12.7 Å². The Morgan fingerprint density at radius 1 is 1.29 bits per heavy atom. The number of aliphatic hydroxyl groups excluding tert-OH is 1. The van der Waals surface area contributed by atoms with Crippen LogP contribution >= 0.6 is 15.9 Å². The third kappa shape index (κ3) is 3.73. The van der Waals surface area contributed by atoms with Crippen molar-refractivity contribution in [1.82, 2.24) is 10.2 Å². The number of hydrogen-bond donors (Lipinski definition) is 2. The molecule has 2 unspecified atom stereocenters. The highest BCUT2D eigenvalue weighted by molar-refractivity contribution is 9.10. The number of aliphatic hydroxyl groups is 1. The number of carbonyl (C=O) groups is 2. The van der Waals surface area contributed by atoms with Crippen LogP contribution in [-0.4, -0.2) is 39.8 Å². The fraction of sp³-hybridized carbons (Fsp3) is 0.353. The minimum Gasteiger partial charge on any atom is -0.461 e. The Hall–Kier alpha value is -1.99. The van der Waals surface area contributed by atoms with Crippen molar-refractivity contribution in [1.29, 1.82) is 0 Å². The Morgan fingerprint density at radius 2 is 1.92 bits per heavy atom. The molecule has 0 saturated heterocycles. The lowest BCUT2D eigenvalue weighted by molar-refractivity contribution is 0.0520. The number of carbonyl (C=O) groups excluding carboxylic acids is 2. The molecule has 2 rings (SSSR count). The summed E-state index contributed by atoms with van der Waals surface area (Å²) in [6.07, 6.45) is -0.821. The quantitative estimate of drug-likeness (QED) is 0.579. The average molecular weight is 395 g/mol. The van der Waals surface area contributed by atoms with E-state index >= 15 is 0 Å². The summed E-state index contributed by atoms with van der Waals surface area (Å²) in [6.45, 7) is 5.08. The van der Waals surface area contributed by atoms with Gasteiger partial charge in [-0.25, -0.2) is 4.79 Å². The van der Waals surface area contributed by atoms with Crippen LogP contribution in [0, 0.1) is 5.92 Å². The molecule has 2 N–H and O–H groups in total. The first-order valence-electron chi connectivity index (χ1n) is 7.60. The lowest BCUT2D eigenvalue weighted by atomic mass is 9.93. The number of Topliss-reactive ketones (excluding diaryl/α,β-unsaturated/α-hetero) is 1. The Morgan fingerprint density at radius 3 is 2.46 bits per heavy atom. The van der Waals surface area contributed by atoms with Gasteiger partial charge in [0.1, 0.15) is 5.69 Å². The van der Waals surface area contributed by atoms with Gasteiger partial charge in [-0.1, -0.05) is 35.0 Å². The predicted molar refractivity (Wildman–Crippen MR) is 92.9 cm³/mol. The van der Waals surface area contributed by atoms with Gasteiger partial charge in [0.15, 0.2) is 11.5 Å². The molecule has 128 valence electrons. The highest BCUT2D eigenvalue weighted by Gasteiger charge is 2.29. The van der Waals surface area contributed by atoms with Crippen LogP contribution in [0.5, 0.6) is 0 Å². The van der Waals surface area contributed by atoms with Crippen molar-refractivity contribution in [3.8, 4) is 11.1 Å². The monoisotopic (exact) mass is 394 g/mol. The summed E-state index contributed by atoms with van der Waals surface area (Å²) in [5.74, 6) is -1.56. The summed E-state index contributed by atoms with van der Waals surface area (Å²) >= 11 is 3.36. The van der Waals surface area contributed by atoms with Crippen LogP contribution in [0.15, 0.2) is 28.7 Å². The first kappa shape index (κ1) is 18.4. The number of ether oxygens (including phenoxy) is 1. The van der Waals surface area contributed by atoms with Gasteiger partial charge in [0, 0.05) is 16.0 Å². The summed E-state index contributed by atoms with van der Waals surface area (Å²) in [7, 11) is 0. The molecule has 0 amide bonds. The smallest absolute Gasteiger partial charge is 0.357 e. The number of ketones is 1. The maximum absolute atomic E-state index is 12.6. The van der Waals surface area contributed by atoms with Crippen LogP contribution in [0.25, 0.3) is 11.1 Å². The second kappa shape index (κ2) is 7.72. The molecule has 0 fully saturated rings. The molecule has 2 aromatic rings. The van der Waals surface area contributed by atoms with Gasteiger partial charge in [-0.15, -0.1) is 0 Å². The normalized spacial score (nSPS) is 13.4. The van der Waals surface area contributed by atoms with Gasteiger partial charge < -0.3 is 9.84 Å². The standard InChI is InChI=1S/C17H19BrN2O4/c1-4-24-17(23)15-13(11-5-7-12(18)8-6-11)14(19-20-15)16(22)9(2)10(3)21/h5-10,21H,4H2,1-3H3,(H,19,20). The topological polar surface area (TPSA) is 92.3 Å². The van der Waals surface area contributed by atoms with E-state index in [-0.39, 0.29) is 23.8 Å². The Bertz CT molecular complexity index is 738. The lowest BCUT2D eigenvalue weighted by Crippen LogP contribution is -2.23. The molecule has 0 aliphatic heterocycles. The summed E-state index contributed by atoms with van der Waals surface area (Å²) in [5, 5.41) is 16.3. The van der Waals surface area contributed by atoms with Crippen LogP contribution < -0.4 is 0 Å². The molecule has 24 heavy (non-hydrogen) atoms. The predicted octanol–water partition coefficient (Wildman–Crippen LogP) is 3.22. The van der Waals surface area contributed by atoms with E-state index in [1.807, 2.05) is 12.1 Å². The van der Waals surface area contributed by atoms with Gasteiger partial charge in [-0.3, -0.25) is 9.89 Å². The van der Waals surface area contributed by atoms with E-state index in [0.717, 1.165) is 4.47 Å². The van der Waals surface area contributed by atoms with E-state index in [1.165, 1.54) is 0 Å². The molecule has 0 spiro atoms. The number of halogens is 1. The molecular formula is C17H19BrN2O4. The molecule has 1 heterocycles. The van der Waals surface area contributed by atoms with E-state index in [9.17, 15) is 14.7 Å². The molecule has 0 aliphatic carbocycles. The van der Waals surface area contributed by atoms with Crippen molar-refractivity contribution in [2.24, 2.45) is 5.92 Å².